The fourth-order valence-corrected chi connectivity index (χ4v) is 3.26. The summed E-state index contributed by atoms with van der Waals surface area (Å²) >= 11 is 0. The second-order valence-corrected chi connectivity index (χ2v) is 7.20. The van der Waals surface area contributed by atoms with E-state index in [4.69, 9.17) is 4.74 Å². The maximum atomic E-state index is 10.6. The summed E-state index contributed by atoms with van der Waals surface area (Å²) in [5.74, 6) is -0.219. The van der Waals surface area contributed by atoms with Gasteiger partial charge >= 0.3 is 0 Å². The molecule has 0 aliphatic rings. The van der Waals surface area contributed by atoms with Crippen LogP contribution in [0.2, 0.25) is 0 Å². The summed E-state index contributed by atoms with van der Waals surface area (Å²) in [5, 5.41) is 31.0. The molecule has 4 heteroatoms. The predicted octanol–water partition coefficient (Wildman–Crippen LogP) is 4.71. The molecule has 0 aliphatic carbocycles. The fraction of sp³-hybridized carbons (Fsp3) is 0.360. The first-order valence-corrected chi connectivity index (χ1v) is 10.1. The van der Waals surface area contributed by atoms with E-state index in [2.05, 4.69) is 13.5 Å². The molecule has 2 aromatic carbocycles. The molecule has 3 N–H and O–H groups in total. The van der Waals surface area contributed by atoms with Crippen molar-refractivity contribution in [2.75, 3.05) is 6.61 Å². The van der Waals surface area contributed by atoms with Crippen molar-refractivity contribution in [2.24, 2.45) is 5.92 Å². The lowest BCUT2D eigenvalue weighted by molar-refractivity contribution is -0.0273. The highest BCUT2D eigenvalue weighted by molar-refractivity contribution is 5.59. The van der Waals surface area contributed by atoms with Crippen LogP contribution in [-0.2, 0) is 11.3 Å². The van der Waals surface area contributed by atoms with Crippen LogP contribution in [0.1, 0.15) is 37.3 Å². The minimum Gasteiger partial charge on any atom is -0.507 e. The summed E-state index contributed by atoms with van der Waals surface area (Å²) in [6, 6.07) is 17.0. The molecule has 156 valence electrons. The third kappa shape index (κ3) is 7.50. The van der Waals surface area contributed by atoms with Crippen molar-refractivity contribution in [2.45, 2.75) is 45.0 Å². The Kier molecular flexibility index (Phi) is 9.65. The van der Waals surface area contributed by atoms with Crippen LogP contribution in [0.5, 0.6) is 5.75 Å². The highest BCUT2D eigenvalue weighted by atomic mass is 16.5. The van der Waals surface area contributed by atoms with Gasteiger partial charge in [-0.05, 0) is 30.9 Å². The van der Waals surface area contributed by atoms with Gasteiger partial charge in [-0.1, -0.05) is 73.2 Å². The van der Waals surface area contributed by atoms with E-state index in [9.17, 15) is 15.3 Å². The first-order chi connectivity index (χ1) is 14.0. The normalized spacial score (nSPS) is 14.9. The Morgan fingerprint density at radius 3 is 2.38 bits per heavy atom. The molecule has 0 bridgehead atoms. The zero-order valence-electron chi connectivity index (χ0n) is 17.1. The molecule has 0 aliphatic heterocycles. The Hall–Kier alpha value is -2.40. The third-order valence-corrected chi connectivity index (χ3v) is 5.07. The van der Waals surface area contributed by atoms with Crippen molar-refractivity contribution in [1.82, 2.24) is 0 Å². The maximum absolute atomic E-state index is 10.6. The molecular weight excluding hydrogens is 364 g/mol. The number of aromatic hydroxyl groups is 1. The molecule has 0 fully saturated rings. The highest BCUT2D eigenvalue weighted by Crippen LogP contribution is 2.24. The topological polar surface area (TPSA) is 69.9 Å². The molecule has 0 spiro atoms. The van der Waals surface area contributed by atoms with Crippen LogP contribution >= 0.6 is 0 Å². The van der Waals surface area contributed by atoms with Crippen LogP contribution in [0.15, 0.2) is 72.8 Å². The van der Waals surface area contributed by atoms with E-state index < -0.39 is 18.1 Å². The second-order valence-electron chi connectivity index (χ2n) is 7.20. The molecule has 2 rings (SSSR count). The van der Waals surface area contributed by atoms with Crippen LogP contribution < -0.4 is 0 Å². The van der Waals surface area contributed by atoms with Gasteiger partial charge in [-0.2, -0.15) is 0 Å². The van der Waals surface area contributed by atoms with E-state index in [1.54, 1.807) is 18.2 Å². The lowest BCUT2D eigenvalue weighted by Gasteiger charge is -2.25. The van der Waals surface area contributed by atoms with Gasteiger partial charge < -0.3 is 20.1 Å². The number of aliphatic hydroxyl groups is 2. The first-order valence-electron chi connectivity index (χ1n) is 10.1. The minimum atomic E-state index is -0.821. The number of benzene rings is 2. The number of ether oxygens (including phenoxy) is 1. The number of rotatable bonds is 12. The van der Waals surface area contributed by atoms with E-state index in [1.165, 1.54) is 0 Å². The quantitative estimate of drug-likeness (QED) is 0.455. The molecule has 29 heavy (non-hydrogen) atoms. The number of hydrogen-bond acceptors (Lipinski definition) is 4. The van der Waals surface area contributed by atoms with Gasteiger partial charge in [-0.25, -0.2) is 0 Å². The van der Waals surface area contributed by atoms with Crippen LogP contribution in [-0.4, -0.2) is 34.1 Å². The Morgan fingerprint density at radius 2 is 1.72 bits per heavy atom. The number of phenols is 1. The van der Waals surface area contributed by atoms with Crippen molar-refractivity contribution in [3.05, 3.63) is 84.0 Å². The molecule has 2 aromatic rings. The zero-order chi connectivity index (χ0) is 21.1. The van der Waals surface area contributed by atoms with Crippen molar-refractivity contribution in [3.63, 3.8) is 0 Å². The van der Waals surface area contributed by atoms with E-state index in [0.29, 0.717) is 19.4 Å². The molecule has 0 saturated heterocycles. The van der Waals surface area contributed by atoms with Gasteiger partial charge in [0, 0.05) is 11.5 Å². The molecule has 3 atom stereocenters. The Bertz CT molecular complexity index is 769. The lowest BCUT2D eigenvalue weighted by atomic mass is 9.91. The first kappa shape index (κ1) is 22.9. The Balaban J connectivity index is 1.86. The average Bonchev–Trinajstić information content (AvgIpc) is 2.73. The number of hydrogen-bond donors (Lipinski definition) is 3. The van der Waals surface area contributed by atoms with Crippen molar-refractivity contribution >= 4 is 6.08 Å². The lowest BCUT2D eigenvalue weighted by Crippen LogP contribution is -2.33. The van der Waals surface area contributed by atoms with Crippen molar-refractivity contribution < 1.29 is 20.1 Å². The van der Waals surface area contributed by atoms with Gasteiger partial charge in [0.15, 0.2) is 0 Å². The average molecular weight is 397 g/mol. The number of phenolic OH excluding ortho intramolecular Hbond substituents is 1. The summed E-state index contributed by atoms with van der Waals surface area (Å²) in [4.78, 5) is 0. The summed E-state index contributed by atoms with van der Waals surface area (Å²) < 4.78 is 5.61. The SMILES string of the molecule is C=C[C@H]([C@H](O)CC/C(=C/c1ccccc1O)CC)[C@H](O)COCc1ccccc1. The number of aliphatic hydroxyl groups excluding tert-OH is 2. The van der Waals surface area contributed by atoms with Crippen LogP contribution in [0.3, 0.4) is 0 Å². The minimum absolute atomic E-state index is 0.136. The van der Waals surface area contributed by atoms with Gasteiger partial charge in [0.1, 0.15) is 5.75 Å². The van der Waals surface area contributed by atoms with Crippen LogP contribution in [0.25, 0.3) is 6.08 Å². The molecule has 0 saturated carbocycles. The van der Waals surface area contributed by atoms with E-state index in [-0.39, 0.29) is 12.4 Å². The molecule has 0 heterocycles. The standard InChI is InChI=1S/C25H32O4/c1-3-19(16-21-12-8-9-13-23(21)26)14-15-24(27)22(4-2)25(28)18-29-17-20-10-6-5-7-11-20/h4-13,16,22,24-28H,2-3,14-15,17-18H2,1H3/b19-16+/t22-,24-,25-/m1/s1. The fourth-order valence-electron chi connectivity index (χ4n) is 3.26. The van der Waals surface area contributed by atoms with E-state index >= 15 is 0 Å². The largest absolute Gasteiger partial charge is 0.507 e. The molecule has 0 aromatic heterocycles. The van der Waals surface area contributed by atoms with Gasteiger partial charge in [-0.15, -0.1) is 6.58 Å². The molecule has 0 unspecified atom stereocenters. The molecular formula is C25H32O4. The van der Waals surface area contributed by atoms with Crippen LogP contribution in [0, 0.1) is 5.92 Å². The van der Waals surface area contributed by atoms with E-state index in [1.807, 2.05) is 48.5 Å². The third-order valence-electron chi connectivity index (χ3n) is 5.07. The summed E-state index contributed by atoms with van der Waals surface area (Å²) in [5.41, 5.74) is 2.94. The van der Waals surface area contributed by atoms with Crippen molar-refractivity contribution in [1.29, 1.82) is 0 Å². The number of allylic oxidation sites excluding steroid dienone is 1. The Labute approximate surface area is 173 Å². The highest BCUT2D eigenvalue weighted by Gasteiger charge is 2.24. The molecule has 0 amide bonds. The molecule has 0 radical (unpaired) electrons. The summed E-state index contributed by atoms with van der Waals surface area (Å²) in [6.45, 7) is 6.38. The van der Waals surface area contributed by atoms with Crippen LogP contribution in [0.4, 0.5) is 0 Å². The summed E-state index contributed by atoms with van der Waals surface area (Å²) in [7, 11) is 0. The van der Waals surface area contributed by atoms with Crippen molar-refractivity contribution in [3.8, 4) is 5.75 Å². The van der Waals surface area contributed by atoms with Gasteiger partial charge in [-0.3, -0.25) is 0 Å². The summed E-state index contributed by atoms with van der Waals surface area (Å²) in [6.07, 6.45) is 4.01. The molecule has 4 nitrogen and oxygen atoms in total. The van der Waals surface area contributed by atoms with Gasteiger partial charge in [0.2, 0.25) is 0 Å². The van der Waals surface area contributed by atoms with Gasteiger partial charge in [0.05, 0.1) is 25.4 Å². The zero-order valence-corrected chi connectivity index (χ0v) is 17.1. The smallest absolute Gasteiger partial charge is 0.122 e. The van der Waals surface area contributed by atoms with Gasteiger partial charge in [0.25, 0.3) is 0 Å². The second kappa shape index (κ2) is 12.2. The Morgan fingerprint density at radius 1 is 1.03 bits per heavy atom. The monoisotopic (exact) mass is 396 g/mol. The predicted molar refractivity (Wildman–Crippen MR) is 117 cm³/mol. The van der Waals surface area contributed by atoms with E-state index in [0.717, 1.165) is 23.1 Å². The number of para-hydroxylation sites is 1. The maximum Gasteiger partial charge on any atom is 0.122 e.